The van der Waals surface area contributed by atoms with Crippen molar-refractivity contribution in [3.63, 3.8) is 0 Å². The third kappa shape index (κ3) is 6.33. The van der Waals surface area contributed by atoms with Gasteiger partial charge in [-0.1, -0.05) is 20.8 Å². The third-order valence-electron chi connectivity index (χ3n) is 5.28. The Balaban J connectivity index is 1.87. The molecule has 1 aromatic heterocycles. The Bertz CT molecular complexity index is 1290. The Labute approximate surface area is 203 Å². The number of aliphatic hydroxyl groups is 1. The summed E-state index contributed by atoms with van der Waals surface area (Å²) in [4.78, 5) is 31.4. The Hall–Kier alpha value is -3.97. The first kappa shape index (κ1) is 25.6. The molecule has 0 atom stereocenters. The highest BCUT2D eigenvalue weighted by Crippen LogP contribution is 2.27. The molecule has 0 saturated carbocycles. The number of hydrogen-bond acceptors (Lipinski definition) is 5. The van der Waals surface area contributed by atoms with Gasteiger partial charge in [0, 0.05) is 38.0 Å². The second-order valence-corrected chi connectivity index (χ2v) is 9.41. The number of carbonyl (C=O) groups is 2. The topological polar surface area (TPSA) is 123 Å². The number of fused-ring (bicyclic) bond motifs is 1. The average molecular weight is 481 g/mol. The largest absolute Gasteiger partial charge is 0.396 e. The number of hydrogen-bond donors (Lipinski definition) is 3. The standard InChI is InChI=1S/C25H29FN6O3/c1-25(2,3)14-22(34)31(4)18-7-9-21-20(13-18)29-23(32(21)10-5-11-33)30-24(35)28-17-6-8-19(26)16(12-17)15-27/h6-9,12-13,33H,5,10-11,14H2,1-4H3,(H2,28,29,30,35). The molecule has 3 N–H and O–H groups in total. The summed E-state index contributed by atoms with van der Waals surface area (Å²) in [7, 11) is 1.71. The van der Waals surface area contributed by atoms with E-state index < -0.39 is 11.8 Å². The summed E-state index contributed by atoms with van der Waals surface area (Å²) in [5.74, 6) is -0.453. The third-order valence-corrected chi connectivity index (χ3v) is 5.28. The minimum Gasteiger partial charge on any atom is -0.396 e. The normalized spacial score (nSPS) is 11.2. The highest BCUT2D eigenvalue weighted by Gasteiger charge is 2.21. The number of aromatic nitrogens is 2. The van der Waals surface area contributed by atoms with E-state index in [2.05, 4.69) is 15.6 Å². The minimum atomic E-state index is -0.675. The van der Waals surface area contributed by atoms with Crippen LogP contribution in [0.5, 0.6) is 0 Å². The van der Waals surface area contributed by atoms with Gasteiger partial charge in [-0.25, -0.2) is 14.2 Å². The molecule has 0 aliphatic carbocycles. The van der Waals surface area contributed by atoms with E-state index in [0.717, 1.165) is 11.6 Å². The first-order chi connectivity index (χ1) is 16.5. The smallest absolute Gasteiger partial charge is 0.326 e. The maximum atomic E-state index is 13.6. The van der Waals surface area contributed by atoms with E-state index >= 15 is 0 Å². The Morgan fingerprint density at radius 2 is 1.94 bits per heavy atom. The summed E-state index contributed by atoms with van der Waals surface area (Å²) in [6.45, 7) is 6.36. The van der Waals surface area contributed by atoms with Gasteiger partial charge >= 0.3 is 6.03 Å². The molecule has 0 spiro atoms. The van der Waals surface area contributed by atoms with Crippen LogP contribution in [0, 0.1) is 22.6 Å². The number of urea groups is 1. The molecule has 0 bridgehead atoms. The number of rotatable bonds is 7. The molecule has 0 radical (unpaired) electrons. The summed E-state index contributed by atoms with van der Waals surface area (Å²) in [5, 5.41) is 23.5. The van der Waals surface area contributed by atoms with Crippen molar-refractivity contribution >= 4 is 40.3 Å². The Morgan fingerprint density at radius 1 is 1.20 bits per heavy atom. The first-order valence-corrected chi connectivity index (χ1v) is 11.2. The number of aryl methyl sites for hydroxylation is 1. The molecule has 35 heavy (non-hydrogen) atoms. The monoisotopic (exact) mass is 480 g/mol. The molecule has 10 heteroatoms. The number of nitrogens with zero attached hydrogens (tertiary/aromatic N) is 4. The number of carbonyl (C=O) groups excluding carboxylic acids is 2. The number of imidazole rings is 1. The van der Waals surface area contributed by atoms with Crippen LogP contribution in [0.25, 0.3) is 11.0 Å². The van der Waals surface area contributed by atoms with Gasteiger partial charge in [0.15, 0.2) is 0 Å². The van der Waals surface area contributed by atoms with Crippen molar-refractivity contribution in [2.24, 2.45) is 5.41 Å². The highest BCUT2D eigenvalue weighted by atomic mass is 19.1. The fourth-order valence-electron chi connectivity index (χ4n) is 3.55. The molecule has 0 unspecified atom stereocenters. The number of halogens is 1. The molecular weight excluding hydrogens is 451 g/mol. The summed E-state index contributed by atoms with van der Waals surface area (Å²) in [6, 6.07) is 10.2. The van der Waals surface area contributed by atoms with Crippen molar-refractivity contribution in [1.82, 2.24) is 9.55 Å². The quantitative estimate of drug-likeness (QED) is 0.460. The Morgan fingerprint density at radius 3 is 2.60 bits per heavy atom. The van der Waals surface area contributed by atoms with Gasteiger partial charge in [0.05, 0.1) is 16.6 Å². The van der Waals surface area contributed by atoms with E-state index in [1.165, 1.54) is 12.1 Å². The van der Waals surface area contributed by atoms with Crippen LogP contribution in [0.2, 0.25) is 0 Å². The lowest BCUT2D eigenvalue weighted by molar-refractivity contribution is -0.120. The zero-order valence-corrected chi connectivity index (χ0v) is 20.2. The predicted octanol–water partition coefficient (Wildman–Crippen LogP) is 4.47. The molecule has 2 aromatic carbocycles. The van der Waals surface area contributed by atoms with Gasteiger partial charge in [-0.2, -0.15) is 5.26 Å². The lowest BCUT2D eigenvalue weighted by Crippen LogP contribution is -2.29. The van der Waals surface area contributed by atoms with Gasteiger partial charge in [0.2, 0.25) is 11.9 Å². The zero-order chi connectivity index (χ0) is 25.8. The number of nitrogens with one attached hydrogen (secondary N) is 2. The van der Waals surface area contributed by atoms with Crippen LogP contribution < -0.4 is 15.5 Å². The lowest BCUT2D eigenvalue weighted by atomic mass is 9.91. The molecule has 0 fully saturated rings. The predicted molar refractivity (Wildman–Crippen MR) is 133 cm³/mol. The van der Waals surface area contributed by atoms with Crippen molar-refractivity contribution in [2.45, 2.75) is 40.2 Å². The van der Waals surface area contributed by atoms with Crippen molar-refractivity contribution < 1.29 is 19.1 Å². The molecule has 0 aliphatic heterocycles. The fourth-order valence-corrected chi connectivity index (χ4v) is 3.55. The van der Waals surface area contributed by atoms with E-state index in [1.54, 1.807) is 28.7 Å². The summed E-state index contributed by atoms with van der Waals surface area (Å²) in [5.41, 5.74) is 1.88. The molecule has 184 valence electrons. The molecule has 0 aliphatic rings. The number of amides is 3. The van der Waals surface area contributed by atoms with E-state index in [-0.39, 0.29) is 35.1 Å². The summed E-state index contributed by atoms with van der Waals surface area (Å²) >= 11 is 0. The van der Waals surface area contributed by atoms with Gasteiger partial charge in [-0.3, -0.25) is 10.1 Å². The molecule has 3 aromatic rings. The van der Waals surface area contributed by atoms with Crippen LogP contribution in [-0.4, -0.2) is 40.3 Å². The number of anilines is 3. The van der Waals surface area contributed by atoms with Gasteiger partial charge in [0.1, 0.15) is 11.9 Å². The van der Waals surface area contributed by atoms with Gasteiger partial charge < -0.3 is 19.9 Å². The van der Waals surface area contributed by atoms with E-state index in [4.69, 9.17) is 5.26 Å². The van der Waals surface area contributed by atoms with Crippen LogP contribution >= 0.6 is 0 Å². The van der Waals surface area contributed by atoms with Gasteiger partial charge in [0.25, 0.3) is 0 Å². The van der Waals surface area contributed by atoms with Crippen LogP contribution in [0.1, 0.15) is 39.2 Å². The van der Waals surface area contributed by atoms with Crippen LogP contribution in [0.4, 0.5) is 26.5 Å². The van der Waals surface area contributed by atoms with E-state index in [1.807, 2.05) is 32.9 Å². The van der Waals surface area contributed by atoms with Crippen LogP contribution in [0.15, 0.2) is 36.4 Å². The zero-order valence-electron chi connectivity index (χ0n) is 20.2. The van der Waals surface area contributed by atoms with Crippen molar-refractivity contribution in [2.75, 3.05) is 29.2 Å². The lowest BCUT2D eigenvalue weighted by Gasteiger charge is -2.23. The number of aliphatic hydroxyl groups excluding tert-OH is 1. The average Bonchev–Trinajstić information content (AvgIpc) is 3.12. The van der Waals surface area contributed by atoms with Crippen LogP contribution in [-0.2, 0) is 11.3 Å². The number of nitriles is 1. The summed E-state index contributed by atoms with van der Waals surface area (Å²) < 4.78 is 15.3. The minimum absolute atomic E-state index is 0.0228. The SMILES string of the molecule is CN(C(=O)CC(C)(C)C)c1ccc2c(c1)nc(NC(=O)Nc1ccc(F)c(C#N)c1)n2CCCO. The van der Waals surface area contributed by atoms with Gasteiger partial charge in [-0.05, 0) is 48.2 Å². The van der Waals surface area contributed by atoms with Crippen LogP contribution in [0.3, 0.4) is 0 Å². The molecular formula is C25H29FN6O3. The van der Waals surface area contributed by atoms with Crippen molar-refractivity contribution in [3.8, 4) is 6.07 Å². The van der Waals surface area contributed by atoms with Crippen molar-refractivity contribution in [3.05, 3.63) is 47.8 Å². The van der Waals surface area contributed by atoms with E-state index in [0.29, 0.717) is 30.6 Å². The molecule has 0 saturated heterocycles. The summed E-state index contributed by atoms with van der Waals surface area (Å²) in [6.07, 6.45) is 0.827. The second kappa shape index (κ2) is 10.5. The highest BCUT2D eigenvalue weighted by molar-refractivity contribution is 6.00. The van der Waals surface area contributed by atoms with Gasteiger partial charge in [-0.15, -0.1) is 0 Å². The van der Waals surface area contributed by atoms with Crippen molar-refractivity contribution in [1.29, 1.82) is 5.26 Å². The molecule has 3 amide bonds. The number of benzene rings is 2. The molecule has 3 rings (SSSR count). The second-order valence-electron chi connectivity index (χ2n) is 9.41. The van der Waals surface area contributed by atoms with E-state index in [9.17, 15) is 19.1 Å². The first-order valence-electron chi connectivity index (χ1n) is 11.2. The molecule has 9 nitrogen and oxygen atoms in total. The Kier molecular flexibility index (Phi) is 7.71. The fraction of sp³-hybridized carbons (Fsp3) is 0.360. The maximum Gasteiger partial charge on any atom is 0.326 e. The maximum absolute atomic E-state index is 13.6. The molecule has 1 heterocycles.